The van der Waals surface area contributed by atoms with Crippen LogP contribution in [-0.4, -0.2) is 28.5 Å². The summed E-state index contributed by atoms with van der Waals surface area (Å²) in [5, 5.41) is 6.15. The standard InChI is InChI=1S/C15H24N4O/c1-3-11-6-5-7-12(8-11)19-15(20)13-9-18-14(10-17-13)16-4-2/h9-12H,3-8H2,1-2H3,(H,16,18)(H,19,20). The van der Waals surface area contributed by atoms with Crippen molar-refractivity contribution in [3.8, 4) is 0 Å². The smallest absolute Gasteiger partial charge is 0.271 e. The molecule has 0 bridgehead atoms. The van der Waals surface area contributed by atoms with E-state index in [1.807, 2.05) is 6.92 Å². The number of nitrogens with one attached hydrogen (secondary N) is 2. The summed E-state index contributed by atoms with van der Waals surface area (Å²) in [5.41, 5.74) is 0.394. The van der Waals surface area contributed by atoms with Crippen LogP contribution in [0.15, 0.2) is 12.4 Å². The molecule has 2 atom stereocenters. The number of rotatable bonds is 5. The first-order valence-electron chi connectivity index (χ1n) is 7.59. The van der Waals surface area contributed by atoms with Gasteiger partial charge < -0.3 is 10.6 Å². The van der Waals surface area contributed by atoms with E-state index >= 15 is 0 Å². The zero-order valence-electron chi connectivity index (χ0n) is 12.4. The van der Waals surface area contributed by atoms with E-state index < -0.39 is 0 Å². The molecule has 0 spiro atoms. The molecule has 20 heavy (non-hydrogen) atoms. The molecule has 1 aromatic rings. The molecule has 5 nitrogen and oxygen atoms in total. The van der Waals surface area contributed by atoms with Crippen LogP contribution >= 0.6 is 0 Å². The second-order valence-corrected chi connectivity index (χ2v) is 5.43. The van der Waals surface area contributed by atoms with Crippen molar-refractivity contribution in [1.82, 2.24) is 15.3 Å². The van der Waals surface area contributed by atoms with Crippen molar-refractivity contribution in [3.63, 3.8) is 0 Å². The van der Waals surface area contributed by atoms with Gasteiger partial charge in [-0.15, -0.1) is 0 Å². The van der Waals surface area contributed by atoms with Crippen LogP contribution in [0.2, 0.25) is 0 Å². The molecule has 1 aliphatic carbocycles. The first kappa shape index (κ1) is 14.8. The summed E-state index contributed by atoms with van der Waals surface area (Å²) in [6.45, 7) is 5.01. The van der Waals surface area contributed by atoms with Crippen molar-refractivity contribution in [2.45, 2.75) is 52.0 Å². The average molecular weight is 276 g/mol. The van der Waals surface area contributed by atoms with Crippen molar-refractivity contribution in [3.05, 3.63) is 18.1 Å². The van der Waals surface area contributed by atoms with E-state index in [0.29, 0.717) is 11.5 Å². The summed E-state index contributed by atoms with van der Waals surface area (Å²) < 4.78 is 0. The molecule has 1 amide bonds. The third-order valence-electron chi connectivity index (χ3n) is 3.94. The number of hydrogen-bond donors (Lipinski definition) is 2. The lowest BCUT2D eigenvalue weighted by atomic mass is 9.84. The molecule has 1 aliphatic rings. The molecule has 2 unspecified atom stereocenters. The van der Waals surface area contributed by atoms with Gasteiger partial charge in [0.2, 0.25) is 0 Å². The Bertz CT molecular complexity index is 432. The Labute approximate surface area is 120 Å². The SMILES string of the molecule is CCNc1cnc(C(=O)NC2CCCC(CC)C2)cn1. The number of carbonyl (C=O) groups excluding carboxylic acids is 1. The normalized spacial score (nSPS) is 22.3. The molecule has 1 fully saturated rings. The monoisotopic (exact) mass is 276 g/mol. The summed E-state index contributed by atoms with van der Waals surface area (Å²) in [6.07, 6.45) is 9.00. The third-order valence-corrected chi connectivity index (χ3v) is 3.94. The molecule has 1 heterocycles. The first-order valence-corrected chi connectivity index (χ1v) is 7.59. The minimum Gasteiger partial charge on any atom is -0.369 e. The van der Waals surface area contributed by atoms with Crippen molar-refractivity contribution in [1.29, 1.82) is 0 Å². The topological polar surface area (TPSA) is 66.9 Å². The van der Waals surface area contributed by atoms with Gasteiger partial charge in [0.05, 0.1) is 12.4 Å². The second-order valence-electron chi connectivity index (χ2n) is 5.43. The lowest BCUT2D eigenvalue weighted by molar-refractivity contribution is 0.0913. The Morgan fingerprint density at radius 3 is 2.80 bits per heavy atom. The van der Waals surface area contributed by atoms with Gasteiger partial charge in [-0.05, 0) is 25.7 Å². The Morgan fingerprint density at radius 1 is 1.30 bits per heavy atom. The molecule has 0 radical (unpaired) electrons. The lowest BCUT2D eigenvalue weighted by Crippen LogP contribution is -2.38. The largest absolute Gasteiger partial charge is 0.369 e. The fourth-order valence-corrected chi connectivity index (χ4v) is 2.77. The van der Waals surface area contributed by atoms with Gasteiger partial charge >= 0.3 is 0 Å². The highest BCUT2D eigenvalue weighted by Crippen LogP contribution is 2.26. The van der Waals surface area contributed by atoms with Crippen LogP contribution in [0.1, 0.15) is 56.4 Å². The maximum atomic E-state index is 12.1. The minimum atomic E-state index is -0.109. The van der Waals surface area contributed by atoms with Gasteiger partial charge in [0.1, 0.15) is 11.5 Å². The van der Waals surface area contributed by atoms with Crippen molar-refractivity contribution in [2.24, 2.45) is 5.92 Å². The minimum absolute atomic E-state index is 0.109. The molecule has 2 rings (SSSR count). The van der Waals surface area contributed by atoms with E-state index in [1.54, 1.807) is 6.20 Å². The molecule has 2 N–H and O–H groups in total. The Kier molecular flexibility index (Phi) is 5.32. The summed E-state index contributed by atoms with van der Waals surface area (Å²) in [5.74, 6) is 1.34. The quantitative estimate of drug-likeness (QED) is 0.867. The van der Waals surface area contributed by atoms with Crippen molar-refractivity contribution in [2.75, 3.05) is 11.9 Å². The van der Waals surface area contributed by atoms with E-state index in [0.717, 1.165) is 25.3 Å². The fraction of sp³-hybridized carbons (Fsp3) is 0.667. The molecule has 0 aromatic carbocycles. The van der Waals surface area contributed by atoms with Gasteiger partial charge in [0, 0.05) is 12.6 Å². The van der Waals surface area contributed by atoms with Gasteiger partial charge in [-0.1, -0.05) is 26.2 Å². The highest BCUT2D eigenvalue weighted by Gasteiger charge is 2.22. The maximum absolute atomic E-state index is 12.1. The Balaban J connectivity index is 1.90. The Morgan fingerprint density at radius 2 is 2.15 bits per heavy atom. The number of aromatic nitrogens is 2. The molecule has 5 heteroatoms. The van der Waals surface area contributed by atoms with Crippen LogP contribution in [0.5, 0.6) is 0 Å². The van der Waals surface area contributed by atoms with E-state index in [-0.39, 0.29) is 11.9 Å². The van der Waals surface area contributed by atoms with Crippen molar-refractivity contribution < 1.29 is 4.79 Å². The summed E-state index contributed by atoms with van der Waals surface area (Å²) in [4.78, 5) is 20.5. The summed E-state index contributed by atoms with van der Waals surface area (Å²) in [6, 6.07) is 0.288. The fourth-order valence-electron chi connectivity index (χ4n) is 2.77. The summed E-state index contributed by atoms with van der Waals surface area (Å²) in [7, 11) is 0. The molecule has 1 saturated carbocycles. The third kappa shape index (κ3) is 3.92. The molecular weight excluding hydrogens is 252 g/mol. The van der Waals surface area contributed by atoms with Crippen LogP contribution in [0, 0.1) is 5.92 Å². The number of hydrogen-bond acceptors (Lipinski definition) is 4. The van der Waals surface area contributed by atoms with Crippen LogP contribution in [0.3, 0.4) is 0 Å². The van der Waals surface area contributed by atoms with Gasteiger partial charge in [-0.25, -0.2) is 9.97 Å². The van der Waals surface area contributed by atoms with E-state index in [9.17, 15) is 4.79 Å². The highest BCUT2D eigenvalue weighted by atomic mass is 16.1. The van der Waals surface area contributed by atoms with E-state index in [1.165, 1.54) is 25.5 Å². The van der Waals surface area contributed by atoms with Gasteiger partial charge in [-0.3, -0.25) is 4.79 Å². The predicted octanol–water partition coefficient (Wildman–Crippen LogP) is 2.61. The highest BCUT2D eigenvalue weighted by molar-refractivity contribution is 5.92. The van der Waals surface area contributed by atoms with Crippen LogP contribution < -0.4 is 10.6 Å². The second kappa shape index (κ2) is 7.22. The molecule has 110 valence electrons. The Hall–Kier alpha value is -1.65. The van der Waals surface area contributed by atoms with Gasteiger partial charge in [-0.2, -0.15) is 0 Å². The number of nitrogens with zero attached hydrogens (tertiary/aromatic N) is 2. The maximum Gasteiger partial charge on any atom is 0.271 e. The van der Waals surface area contributed by atoms with Gasteiger partial charge in [0.15, 0.2) is 0 Å². The summed E-state index contributed by atoms with van der Waals surface area (Å²) >= 11 is 0. The average Bonchev–Trinajstić information content (AvgIpc) is 2.48. The molecule has 1 aromatic heterocycles. The zero-order valence-corrected chi connectivity index (χ0v) is 12.4. The van der Waals surface area contributed by atoms with Gasteiger partial charge in [0.25, 0.3) is 5.91 Å². The predicted molar refractivity (Wildman–Crippen MR) is 79.7 cm³/mol. The van der Waals surface area contributed by atoms with Crippen molar-refractivity contribution >= 4 is 11.7 Å². The van der Waals surface area contributed by atoms with Crippen LogP contribution in [0.4, 0.5) is 5.82 Å². The van der Waals surface area contributed by atoms with Crippen LogP contribution in [0.25, 0.3) is 0 Å². The lowest BCUT2D eigenvalue weighted by Gasteiger charge is -2.28. The zero-order chi connectivity index (χ0) is 14.4. The molecular formula is C15H24N4O. The van der Waals surface area contributed by atoms with E-state index in [4.69, 9.17) is 0 Å². The first-order chi connectivity index (χ1) is 9.72. The molecule has 0 saturated heterocycles. The van der Waals surface area contributed by atoms with Crippen LogP contribution in [-0.2, 0) is 0 Å². The number of amides is 1. The number of carbonyl (C=O) groups is 1. The van der Waals surface area contributed by atoms with E-state index in [2.05, 4.69) is 27.5 Å². The number of anilines is 1. The molecule has 0 aliphatic heterocycles.